The van der Waals surface area contributed by atoms with Crippen molar-refractivity contribution >= 4 is 47.0 Å². The van der Waals surface area contributed by atoms with Crippen LogP contribution in [-0.2, 0) is 37.9 Å². The second-order valence-corrected chi connectivity index (χ2v) is 19.0. The summed E-state index contributed by atoms with van der Waals surface area (Å²) in [6.07, 6.45) is -9.63. The highest BCUT2D eigenvalue weighted by Crippen LogP contribution is 2.24. The largest absolute Gasteiger partial charge is 0.393 e. The molecule has 0 aliphatic carbocycles. The fraction of sp³-hybridized carbons (Fsp3) is 1.00. The van der Waals surface area contributed by atoms with Gasteiger partial charge in [-0.25, -0.2) is 0 Å². The van der Waals surface area contributed by atoms with E-state index < -0.39 is 109 Å². The van der Waals surface area contributed by atoms with Crippen LogP contribution in [0.1, 0.15) is 27.7 Å². The normalized spacial score (nSPS) is 20.5. The Kier molecular flexibility index (Phi) is 35.1. The summed E-state index contributed by atoms with van der Waals surface area (Å²) in [5.41, 5.74) is -6.61. The predicted molar refractivity (Wildman–Crippen MR) is 221 cm³/mol. The smallest absolute Gasteiger partial charge is 0.178 e. The molecule has 10 unspecified atom stereocenters. The molecule has 0 bridgehead atoms. The molecule has 14 N–H and O–H groups in total. The van der Waals surface area contributed by atoms with E-state index in [4.69, 9.17) is 58.3 Å². The zero-order chi connectivity index (χ0) is 45.7. The molecule has 0 spiro atoms. The van der Waals surface area contributed by atoms with Gasteiger partial charge in [0.05, 0.1) is 91.5 Å². The molecule has 0 heterocycles. The zero-order valence-electron chi connectivity index (χ0n) is 34.4. The average molecular weight is 959 g/mol. The van der Waals surface area contributed by atoms with Crippen LogP contribution in [0.25, 0.3) is 0 Å². The van der Waals surface area contributed by atoms with Crippen molar-refractivity contribution in [2.24, 2.45) is 10.8 Å². The summed E-state index contributed by atoms with van der Waals surface area (Å²) >= 11 is 3.43. The highest BCUT2D eigenvalue weighted by molar-refractivity contribution is 8.00. The third kappa shape index (κ3) is 31.4. The van der Waals surface area contributed by atoms with Gasteiger partial charge in [0.15, 0.2) is 37.7 Å². The summed E-state index contributed by atoms with van der Waals surface area (Å²) in [6, 6.07) is 0. The van der Waals surface area contributed by atoms with Gasteiger partial charge in [-0.1, -0.05) is 13.8 Å². The topological polar surface area (TPSA) is 357 Å². The summed E-state index contributed by atoms with van der Waals surface area (Å²) in [4.78, 5) is 0. The molecule has 26 heteroatoms. The third-order valence-corrected chi connectivity index (χ3v) is 11.8. The van der Waals surface area contributed by atoms with Gasteiger partial charge >= 0.3 is 0 Å². The fourth-order valence-electron chi connectivity index (χ4n) is 4.05. The molecule has 60 heavy (non-hydrogen) atoms. The molecule has 0 aromatic heterocycles. The Balaban J connectivity index is 5.13. The van der Waals surface area contributed by atoms with Crippen LogP contribution in [-0.4, -0.2) is 245 Å². The molecule has 0 radical (unpaired) electrons. The molecule has 0 fully saturated rings. The van der Waals surface area contributed by atoms with Crippen LogP contribution in [0.2, 0.25) is 0 Å². The van der Waals surface area contributed by atoms with E-state index in [-0.39, 0.29) is 75.9 Å². The standard InChI is InChI=1S/C34H70O22S4/c1-21(49-9-23(39)51-15-33(3,17-53-25(41)11-57-29(45)5-35)18-54-26(42)12-58-30(46)6-36)22(2)50-10-24(40)52-16-34(4,19-55-27(43)13-59-31(47)7-37)20-56-28(44)14-60-32(48)8-38/h21-32,35-48H,5-20H2,1-4H3/t21-,22+,23?,24?,25?,26?,27?,28?,29?,30?,31?,32?,33?,34?. The molecular formula is C34H70O22S4. The summed E-state index contributed by atoms with van der Waals surface area (Å²) < 4.78 is 44.4. The lowest BCUT2D eigenvalue weighted by molar-refractivity contribution is -0.212. The van der Waals surface area contributed by atoms with Crippen LogP contribution in [0.5, 0.6) is 0 Å². The minimum atomic E-state index is -1.47. The lowest BCUT2D eigenvalue weighted by Crippen LogP contribution is -2.40. The molecule has 0 aromatic carbocycles. The molecule has 22 nitrogen and oxygen atoms in total. The number of ether oxygens (including phenoxy) is 8. The van der Waals surface area contributed by atoms with Crippen molar-refractivity contribution in [2.75, 3.05) is 102 Å². The van der Waals surface area contributed by atoms with E-state index in [9.17, 15) is 51.1 Å². The first-order valence-corrected chi connectivity index (χ1v) is 23.0. The maximum absolute atomic E-state index is 10.6. The van der Waals surface area contributed by atoms with Gasteiger partial charge in [-0.3, -0.25) is 0 Å². The van der Waals surface area contributed by atoms with Crippen LogP contribution in [0.3, 0.4) is 0 Å². The molecule has 362 valence electrons. The molecule has 0 aliphatic rings. The Hall–Kier alpha value is 0.520. The Bertz CT molecular complexity index is 897. The van der Waals surface area contributed by atoms with Crippen LogP contribution < -0.4 is 0 Å². The molecule has 0 aromatic rings. The van der Waals surface area contributed by atoms with Crippen LogP contribution >= 0.6 is 47.0 Å². The SMILES string of the molecule is C[C@H](OCC(O)OCC(C)(COC(O)CSC(O)CO)COC(O)CSC(O)CO)[C@@H](C)OCC(O)OCC(C)(COC(O)CSC(O)CO)COC(O)CSC(O)CO. The Morgan fingerprint density at radius 3 is 0.750 bits per heavy atom. The van der Waals surface area contributed by atoms with E-state index in [1.54, 1.807) is 27.7 Å². The number of hydrogen-bond acceptors (Lipinski definition) is 26. The second kappa shape index (κ2) is 34.8. The van der Waals surface area contributed by atoms with Crippen LogP contribution in [0.4, 0.5) is 0 Å². The number of rotatable bonds is 41. The van der Waals surface area contributed by atoms with E-state index in [0.717, 1.165) is 47.0 Å². The molecule has 0 aliphatic heterocycles. The van der Waals surface area contributed by atoms with Gasteiger partial charge in [-0.05, 0) is 13.8 Å². The fourth-order valence-corrected chi connectivity index (χ4v) is 6.40. The number of thioether (sulfide) groups is 4. The Morgan fingerprint density at radius 2 is 0.550 bits per heavy atom. The van der Waals surface area contributed by atoms with E-state index in [0.29, 0.717) is 0 Å². The van der Waals surface area contributed by atoms with E-state index in [2.05, 4.69) is 0 Å². The van der Waals surface area contributed by atoms with Gasteiger partial charge in [-0.2, -0.15) is 0 Å². The highest BCUT2D eigenvalue weighted by Gasteiger charge is 2.32. The number of aliphatic hydroxyl groups is 14. The molecule has 12 atom stereocenters. The lowest BCUT2D eigenvalue weighted by Gasteiger charge is -2.32. The first-order valence-electron chi connectivity index (χ1n) is 18.8. The second-order valence-electron chi connectivity index (χ2n) is 14.2. The van der Waals surface area contributed by atoms with Crippen LogP contribution in [0, 0.1) is 10.8 Å². The Morgan fingerprint density at radius 1 is 0.350 bits per heavy atom. The number of hydrogen-bond donors (Lipinski definition) is 14. The van der Waals surface area contributed by atoms with Crippen molar-refractivity contribution in [3.05, 3.63) is 0 Å². The van der Waals surface area contributed by atoms with Gasteiger partial charge in [0.2, 0.25) is 0 Å². The quantitative estimate of drug-likeness (QED) is 0.0260. The third-order valence-electron chi connectivity index (χ3n) is 7.76. The van der Waals surface area contributed by atoms with Gasteiger partial charge in [0.25, 0.3) is 0 Å². The molecule has 0 amide bonds. The summed E-state index contributed by atoms with van der Waals surface area (Å²) in [5, 5.41) is 136. The minimum absolute atomic E-state index is 0.0751. The van der Waals surface area contributed by atoms with Crippen molar-refractivity contribution in [3.63, 3.8) is 0 Å². The summed E-state index contributed by atoms with van der Waals surface area (Å²) in [5.74, 6) is -0.300. The average Bonchev–Trinajstić information content (AvgIpc) is 3.24. The first-order chi connectivity index (χ1) is 28.2. The van der Waals surface area contributed by atoms with Crippen molar-refractivity contribution in [2.45, 2.75) is 99.4 Å². The monoisotopic (exact) mass is 958 g/mol. The first kappa shape index (κ1) is 60.5. The van der Waals surface area contributed by atoms with Gasteiger partial charge < -0.3 is 109 Å². The van der Waals surface area contributed by atoms with E-state index in [1.807, 2.05) is 0 Å². The molecule has 0 rings (SSSR count). The molecular weight excluding hydrogens is 889 g/mol. The minimum Gasteiger partial charge on any atom is -0.393 e. The van der Waals surface area contributed by atoms with Gasteiger partial charge in [0.1, 0.15) is 21.7 Å². The van der Waals surface area contributed by atoms with Gasteiger partial charge in [-0.15, -0.1) is 47.0 Å². The Labute approximate surface area is 367 Å². The van der Waals surface area contributed by atoms with Crippen molar-refractivity contribution < 1.29 is 109 Å². The van der Waals surface area contributed by atoms with Crippen molar-refractivity contribution in [1.29, 1.82) is 0 Å². The molecule has 0 saturated heterocycles. The van der Waals surface area contributed by atoms with Crippen molar-refractivity contribution in [1.82, 2.24) is 0 Å². The van der Waals surface area contributed by atoms with Crippen molar-refractivity contribution in [3.8, 4) is 0 Å². The van der Waals surface area contributed by atoms with E-state index >= 15 is 0 Å². The number of aliphatic hydroxyl groups excluding tert-OH is 14. The zero-order valence-corrected chi connectivity index (χ0v) is 37.7. The summed E-state index contributed by atoms with van der Waals surface area (Å²) in [6.45, 7) is 2.60. The van der Waals surface area contributed by atoms with Gasteiger partial charge in [0, 0.05) is 33.8 Å². The van der Waals surface area contributed by atoms with Crippen LogP contribution in [0.15, 0.2) is 0 Å². The molecule has 0 saturated carbocycles. The maximum Gasteiger partial charge on any atom is 0.178 e. The highest BCUT2D eigenvalue weighted by atomic mass is 32.2. The summed E-state index contributed by atoms with van der Waals surface area (Å²) in [7, 11) is 0. The predicted octanol–water partition coefficient (Wildman–Crippen LogP) is -4.01. The van der Waals surface area contributed by atoms with E-state index in [1.165, 1.54) is 0 Å². The lowest BCUT2D eigenvalue weighted by atomic mass is 9.94. The maximum atomic E-state index is 10.6.